The second-order valence-corrected chi connectivity index (χ2v) is 4.13. The quantitative estimate of drug-likeness (QED) is 0.685. The molecule has 13 heavy (non-hydrogen) atoms. The van der Waals surface area contributed by atoms with Crippen LogP contribution in [0.3, 0.4) is 0 Å². The van der Waals surface area contributed by atoms with E-state index in [1.54, 1.807) is 0 Å². The Morgan fingerprint density at radius 1 is 1.46 bits per heavy atom. The molecule has 0 spiro atoms. The van der Waals surface area contributed by atoms with Crippen LogP contribution in [-0.2, 0) is 0 Å². The van der Waals surface area contributed by atoms with Crippen LogP contribution >= 0.6 is 0 Å². The molecule has 72 valence electrons. The van der Waals surface area contributed by atoms with Crippen molar-refractivity contribution in [3.8, 4) is 0 Å². The van der Waals surface area contributed by atoms with Crippen molar-refractivity contribution in [1.82, 2.24) is 5.32 Å². The maximum Gasteiger partial charge on any atom is 0.0227 e. The molecular formula is C11H18N2. The van der Waals surface area contributed by atoms with Gasteiger partial charge in [-0.25, -0.2) is 0 Å². The van der Waals surface area contributed by atoms with E-state index in [-0.39, 0.29) is 0 Å². The van der Waals surface area contributed by atoms with Gasteiger partial charge in [0.2, 0.25) is 0 Å². The first-order valence-corrected chi connectivity index (χ1v) is 5.26. The van der Waals surface area contributed by atoms with Gasteiger partial charge in [0, 0.05) is 18.3 Å². The highest BCUT2D eigenvalue weighted by Crippen LogP contribution is 2.35. The second kappa shape index (κ2) is 4.05. The number of allylic oxidation sites excluding steroid dienone is 1. The first kappa shape index (κ1) is 8.95. The van der Waals surface area contributed by atoms with Crippen molar-refractivity contribution in [3.63, 3.8) is 0 Å². The van der Waals surface area contributed by atoms with E-state index < -0.39 is 0 Å². The van der Waals surface area contributed by atoms with Crippen molar-refractivity contribution in [2.75, 3.05) is 13.6 Å². The average molecular weight is 178 g/mol. The predicted molar refractivity (Wildman–Crippen MR) is 55.9 cm³/mol. The summed E-state index contributed by atoms with van der Waals surface area (Å²) in [5, 5.41) is 3.29. The highest BCUT2D eigenvalue weighted by atomic mass is 14.8. The number of fused-ring (bicyclic) bond motifs is 1. The molecule has 0 aromatic rings. The minimum absolute atomic E-state index is 0.720. The number of nitrogens with one attached hydrogen (secondary N) is 1. The van der Waals surface area contributed by atoms with Crippen molar-refractivity contribution >= 4 is 6.21 Å². The zero-order chi connectivity index (χ0) is 9.10. The third-order valence-corrected chi connectivity index (χ3v) is 3.29. The molecule has 2 rings (SSSR count). The molecular weight excluding hydrogens is 160 g/mol. The Morgan fingerprint density at radius 2 is 2.38 bits per heavy atom. The lowest BCUT2D eigenvalue weighted by Gasteiger charge is -2.35. The number of aliphatic imine (C=N–C) groups is 1. The maximum absolute atomic E-state index is 4.23. The summed E-state index contributed by atoms with van der Waals surface area (Å²) in [6, 6.07) is 0. The molecule has 0 saturated heterocycles. The lowest BCUT2D eigenvalue weighted by molar-refractivity contribution is 0.239. The molecule has 1 saturated carbocycles. The summed E-state index contributed by atoms with van der Waals surface area (Å²) in [5.41, 5.74) is 0. The van der Waals surface area contributed by atoms with Crippen molar-refractivity contribution < 1.29 is 0 Å². The van der Waals surface area contributed by atoms with E-state index in [4.69, 9.17) is 0 Å². The SMILES string of the molecule is CNCC1CCCC2C=NC=C[C@@H]21. The van der Waals surface area contributed by atoms with Crippen LogP contribution in [-0.4, -0.2) is 19.8 Å². The fourth-order valence-corrected chi connectivity index (χ4v) is 2.63. The van der Waals surface area contributed by atoms with Gasteiger partial charge in [-0.3, -0.25) is 4.99 Å². The number of rotatable bonds is 2. The third kappa shape index (κ3) is 1.83. The summed E-state index contributed by atoms with van der Waals surface area (Å²) >= 11 is 0. The molecule has 2 aliphatic rings. The zero-order valence-electron chi connectivity index (χ0n) is 8.24. The number of nitrogens with zero attached hydrogens (tertiary/aromatic N) is 1. The van der Waals surface area contributed by atoms with Gasteiger partial charge >= 0.3 is 0 Å². The zero-order valence-corrected chi connectivity index (χ0v) is 8.24. The van der Waals surface area contributed by atoms with E-state index in [0.29, 0.717) is 0 Å². The lowest BCUT2D eigenvalue weighted by Crippen LogP contribution is -2.34. The van der Waals surface area contributed by atoms with Gasteiger partial charge in [-0.2, -0.15) is 0 Å². The normalized spacial score (nSPS) is 37.5. The Hall–Kier alpha value is -0.630. The third-order valence-electron chi connectivity index (χ3n) is 3.29. The average Bonchev–Trinajstić information content (AvgIpc) is 2.19. The molecule has 1 fully saturated rings. The standard InChI is InChI=1S/C11H18N2/c1-12-7-9-3-2-4-10-8-13-6-5-11(9)10/h5-6,8-12H,2-4,7H2,1H3/t9?,10?,11-/m1/s1. The van der Waals surface area contributed by atoms with Gasteiger partial charge in [-0.15, -0.1) is 0 Å². The number of hydrogen-bond donors (Lipinski definition) is 1. The number of hydrogen-bond acceptors (Lipinski definition) is 2. The molecule has 0 aromatic heterocycles. The van der Waals surface area contributed by atoms with Gasteiger partial charge in [0.05, 0.1) is 0 Å². The van der Waals surface area contributed by atoms with Crippen molar-refractivity contribution in [2.45, 2.75) is 19.3 Å². The smallest absolute Gasteiger partial charge is 0.0227 e. The molecule has 2 nitrogen and oxygen atoms in total. The molecule has 2 unspecified atom stereocenters. The van der Waals surface area contributed by atoms with E-state index >= 15 is 0 Å². The molecule has 3 atom stereocenters. The molecule has 1 N–H and O–H groups in total. The Balaban J connectivity index is 2.04. The summed E-state index contributed by atoms with van der Waals surface area (Å²) in [6.45, 7) is 1.15. The molecule has 1 heterocycles. The van der Waals surface area contributed by atoms with Crippen LogP contribution in [0.25, 0.3) is 0 Å². The summed E-state index contributed by atoms with van der Waals surface area (Å²) < 4.78 is 0. The largest absolute Gasteiger partial charge is 0.319 e. The van der Waals surface area contributed by atoms with Gasteiger partial charge < -0.3 is 5.32 Å². The maximum atomic E-state index is 4.23. The molecule has 0 radical (unpaired) electrons. The molecule has 0 bridgehead atoms. The first-order chi connectivity index (χ1) is 6.42. The van der Waals surface area contributed by atoms with Crippen molar-refractivity contribution in [3.05, 3.63) is 12.3 Å². The Morgan fingerprint density at radius 3 is 3.23 bits per heavy atom. The van der Waals surface area contributed by atoms with Crippen LogP contribution in [0.15, 0.2) is 17.3 Å². The van der Waals surface area contributed by atoms with E-state index in [2.05, 4.69) is 22.6 Å². The van der Waals surface area contributed by atoms with E-state index in [9.17, 15) is 0 Å². The van der Waals surface area contributed by atoms with Crippen LogP contribution in [0.4, 0.5) is 0 Å². The summed E-state index contributed by atoms with van der Waals surface area (Å²) in [7, 11) is 2.05. The van der Waals surface area contributed by atoms with Crippen LogP contribution in [0.1, 0.15) is 19.3 Å². The fraction of sp³-hybridized carbons (Fsp3) is 0.727. The molecule has 1 aliphatic carbocycles. The Labute approximate surface area is 80.1 Å². The Bertz CT molecular complexity index is 218. The first-order valence-electron chi connectivity index (χ1n) is 5.26. The van der Waals surface area contributed by atoms with Crippen LogP contribution in [0.2, 0.25) is 0 Å². The van der Waals surface area contributed by atoms with Crippen LogP contribution < -0.4 is 5.32 Å². The van der Waals surface area contributed by atoms with E-state index in [0.717, 1.165) is 24.3 Å². The highest BCUT2D eigenvalue weighted by Gasteiger charge is 2.30. The highest BCUT2D eigenvalue weighted by molar-refractivity contribution is 5.64. The monoisotopic (exact) mass is 178 g/mol. The summed E-state index contributed by atoms with van der Waals surface area (Å²) in [6.07, 6.45) is 10.5. The van der Waals surface area contributed by atoms with E-state index in [1.807, 2.05) is 13.2 Å². The van der Waals surface area contributed by atoms with Gasteiger partial charge in [0.1, 0.15) is 0 Å². The predicted octanol–water partition coefficient (Wildman–Crippen LogP) is 1.84. The summed E-state index contributed by atoms with van der Waals surface area (Å²) in [4.78, 5) is 4.23. The van der Waals surface area contributed by atoms with Gasteiger partial charge in [0.15, 0.2) is 0 Å². The van der Waals surface area contributed by atoms with Gasteiger partial charge in [-0.05, 0) is 38.3 Å². The van der Waals surface area contributed by atoms with Crippen LogP contribution in [0.5, 0.6) is 0 Å². The van der Waals surface area contributed by atoms with Crippen molar-refractivity contribution in [1.29, 1.82) is 0 Å². The Kier molecular flexibility index (Phi) is 2.79. The molecule has 2 heteroatoms. The van der Waals surface area contributed by atoms with Gasteiger partial charge in [0.25, 0.3) is 0 Å². The topological polar surface area (TPSA) is 24.4 Å². The molecule has 0 amide bonds. The van der Waals surface area contributed by atoms with E-state index in [1.165, 1.54) is 19.3 Å². The molecule has 0 aromatic carbocycles. The van der Waals surface area contributed by atoms with Gasteiger partial charge in [-0.1, -0.05) is 12.5 Å². The molecule has 1 aliphatic heterocycles. The fourth-order valence-electron chi connectivity index (χ4n) is 2.63. The summed E-state index contributed by atoms with van der Waals surface area (Å²) in [5.74, 6) is 2.29. The lowest BCUT2D eigenvalue weighted by atomic mass is 9.72. The minimum Gasteiger partial charge on any atom is -0.319 e. The second-order valence-electron chi connectivity index (χ2n) is 4.13. The minimum atomic E-state index is 0.720. The van der Waals surface area contributed by atoms with Crippen LogP contribution in [0, 0.1) is 17.8 Å². The van der Waals surface area contributed by atoms with Crippen molar-refractivity contribution in [2.24, 2.45) is 22.7 Å².